The largest absolute Gasteiger partial charge is 0.258 e. The third-order valence-electron chi connectivity index (χ3n) is 0.625. The summed E-state index contributed by atoms with van der Waals surface area (Å²) in [6, 6.07) is 1.76. The van der Waals surface area contributed by atoms with Gasteiger partial charge in [-0.05, 0) is 12.1 Å². The van der Waals surface area contributed by atoms with E-state index in [4.69, 9.17) is 10.7 Å². The summed E-state index contributed by atoms with van der Waals surface area (Å²) in [6.45, 7) is 0. The van der Waals surface area contributed by atoms with Crippen LogP contribution in [0, 0.1) is 16.7 Å². The number of thiocarbonyl (C=S) groups is 1. The predicted octanol–water partition coefficient (Wildman–Crippen LogP) is 1.38. The third-order valence-corrected chi connectivity index (χ3v) is 1.76. The summed E-state index contributed by atoms with van der Waals surface area (Å²) in [5, 5.41) is 14.9. The van der Waals surface area contributed by atoms with Crippen molar-refractivity contribution in [1.29, 1.82) is 10.7 Å². The minimum atomic E-state index is 0.137. The Morgan fingerprint density at radius 1 is 1.78 bits per heavy atom. The molecule has 0 saturated heterocycles. The molecule has 0 unspecified atom stereocenters. The molecule has 0 atom stereocenters. The van der Waals surface area contributed by atoms with Crippen LogP contribution >= 0.6 is 24.0 Å². The molecule has 2 nitrogen and oxygen atoms in total. The molecule has 0 aromatic carbocycles. The quantitative estimate of drug-likeness (QED) is 0.373. The van der Waals surface area contributed by atoms with Crippen LogP contribution in [-0.2, 0) is 0 Å². The molecule has 0 spiro atoms. The summed E-state index contributed by atoms with van der Waals surface area (Å²) in [6.07, 6.45) is 1.75. The highest BCUT2D eigenvalue weighted by Gasteiger charge is 1.99. The second kappa shape index (κ2) is 4.28. The molecule has 0 aliphatic rings. The monoisotopic (exact) mass is 156 g/mol. The van der Waals surface area contributed by atoms with Gasteiger partial charge in [0, 0.05) is 0 Å². The predicted molar refractivity (Wildman–Crippen MR) is 43.0 cm³/mol. The van der Waals surface area contributed by atoms with Gasteiger partial charge in [-0.25, -0.2) is 0 Å². The summed E-state index contributed by atoms with van der Waals surface area (Å²) < 4.78 is 0. The molecule has 0 heterocycles. The van der Waals surface area contributed by atoms with Crippen LogP contribution in [0.2, 0.25) is 0 Å². The van der Waals surface area contributed by atoms with Gasteiger partial charge < -0.3 is 0 Å². The van der Waals surface area contributed by atoms with Gasteiger partial charge in [0.2, 0.25) is 0 Å². The van der Waals surface area contributed by atoms with E-state index in [0.29, 0.717) is 4.91 Å². The average Bonchev–Trinajstić information content (AvgIpc) is 1.90. The minimum absolute atomic E-state index is 0.137. The standard InChI is InChI=1S/C5H4N2S2/c1-9-5(3-7)4(8)2-6/h7H,1H3. The second-order valence-electron chi connectivity index (χ2n) is 1.10. The van der Waals surface area contributed by atoms with Gasteiger partial charge in [-0.15, -0.1) is 11.8 Å². The molecule has 0 aliphatic carbocycles. The van der Waals surface area contributed by atoms with Gasteiger partial charge in [0.15, 0.2) is 0 Å². The van der Waals surface area contributed by atoms with E-state index in [1.54, 1.807) is 12.3 Å². The van der Waals surface area contributed by atoms with Gasteiger partial charge in [0.1, 0.15) is 10.9 Å². The van der Waals surface area contributed by atoms with Gasteiger partial charge in [-0.2, -0.15) is 5.26 Å². The number of thioether (sulfide) groups is 1. The first-order valence-electron chi connectivity index (χ1n) is 2.04. The Hall–Kier alpha value is -0.620. The Labute approximate surface area is 63.1 Å². The molecule has 1 N–H and O–H groups in total. The van der Waals surface area contributed by atoms with Crippen molar-refractivity contribution in [3.63, 3.8) is 0 Å². The molecular weight excluding hydrogens is 152 g/mol. The highest BCUT2D eigenvalue weighted by Crippen LogP contribution is 2.08. The SMILES string of the molecule is CSC(=C=N)C(=S)C#N. The highest BCUT2D eigenvalue weighted by molar-refractivity contribution is 8.05. The lowest BCUT2D eigenvalue weighted by molar-refractivity contribution is 1.55. The molecule has 0 aromatic rings. The van der Waals surface area contributed by atoms with E-state index in [1.165, 1.54) is 11.8 Å². The van der Waals surface area contributed by atoms with Gasteiger partial charge in [-0.3, -0.25) is 5.41 Å². The van der Waals surface area contributed by atoms with Crippen molar-refractivity contribution >= 4 is 34.7 Å². The summed E-state index contributed by atoms with van der Waals surface area (Å²) in [4.78, 5) is 0.560. The average molecular weight is 156 g/mol. The Balaban J connectivity index is 4.38. The molecule has 0 aliphatic heterocycles. The smallest absolute Gasteiger partial charge is 0.138 e. The zero-order chi connectivity index (χ0) is 7.28. The van der Waals surface area contributed by atoms with Crippen LogP contribution < -0.4 is 0 Å². The van der Waals surface area contributed by atoms with Gasteiger partial charge in [-0.1, -0.05) is 12.2 Å². The van der Waals surface area contributed by atoms with E-state index >= 15 is 0 Å². The molecule has 0 radical (unpaired) electrons. The van der Waals surface area contributed by atoms with Crippen LogP contribution in [-0.4, -0.2) is 17.0 Å². The van der Waals surface area contributed by atoms with Gasteiger partial charge in [0.25, 0.3) is 0 Å². The fourth-order valence-corrected chi connectivity index (χ4v) is 0.885. The maximum atomic E-state index is 8.22. The van der Waals surface area contributed by atoms with Crippen molar-refractivity contribution in [1.82, 2.24) is 0 Å². The Kier molecular flexibility index (Phi) is 3.98. The molecule has 46 valence electrons. The Morgan fingerprint density at radius 2 is 2.33 bits per heavy atom. The first-order chi connectivity index (χ1) is 4.26. The number of nitrogens with one attached hydrogen (secondary N) is 1. The van der Waals surface area contributed by atoms with Crippen molar-refractivity contribution in [2.45, 2.75) is 0 Å². The first kappa shape index (κ1) is 8.38. The molecule has 0 amide bonds. The van der Waals surface area contributed by atoms with E-state index in [9.17, 15) is 0 Å². The summed E-state index contributed by atoms with van der Waals surface area (Å²) in [5.74, 6) is 2.07. The normalized spacial score (nSPS) is 7.11. The molecule has 0 aromatic heterocycles. The van der Waals surface area contributed by atoms with Crippen LogP contribution in [0.4, 0.5) is 0 Å². The maximum absolute atomic E-state index is 8.22. The molecule has 0 fully saturated rings. The van der Waals surface area contributed by atoms with Crippen molar-refractivity contribution < 1.29 is 0 Å². The fraction of sp³-hybridized carbons (Fsp3) is 0.200. The van der Waals surface area contributed by atoms with E-state index in [-0.39, 0.29) is 4.86 Å². The molecule has 4 heteroatoms. The van der Waals surface area contributed by atoms with Crippen molar-refractivity contribution in [3.8, 4) is 6.07 Å². The van der Waals surface area contributed by atoms with Crippen LogP contribution in [0.5, 0.6) is 0 Å². The molecule has 9 heavy (non-hydrogen) atoms. The molecule has 0 bridgehead atoms. The Morgan fingerprint density at radius 3 is 2.44 bits per heavy atom. The van der Waals surface area contributed by atoms with Crippen LogP contribution in [0.15, 0.2) is 4.91 Å². The third kappa shape index (κ3) is 2.43. The number of nitriles is 1. The first-order valence-corrected chi connectivity index (χ1v) is 3.67. The van der Waals surface area contributed by atoms with Crippen molar-refractivity contribution in [2.75, 3.05) is 6.26 Å². The lowest BCUT2D eigenvalue weighted by Gasteiger charge is -1.88. The van der Waals surface area contributed by atoms with E-state index in [0.717, 1.165) is 0 Å². The van der Waals surface area contributed by atoms with E-state index in [1.807, 2.05) is 0 Å². The lowest BCUT2D eigenvalue weighted by atomic mass is 10.4. The second-order valence-corrected chi connectivity index (χ2v) is 2.32. The summed E-state index contributed by atoms with van der Waals surface area (Å²) >= 11 is 5.83. The molecule has 0 rings (SSSR count). The lowest BCUT2D eigenvalue weighted by Crippen LogP contribution is -1.90. The van der Waals surface area contributed by atoms with Crippen molar-refractivity contribution in [3.05, 3.63) is 4.91 Å². The number of rotatable bonds is 2. The van der Waals surface area contributed by atoms with Crippen molar-refractivity contribution in [2.24, 2.45) is 0 Å². The fourth-order valence-electron chi connectivity index (χ4n) is 0.251. The van der Waals surface area contributed by atoms with E-state index < -0.39 is 0 Å². The van der Waals surface area contributed by atoms with Crippen LogP contribution in [0.1, 0.15) is 0 Å². The Bertz CT molecular complexity index is 207. The molecule has 0 saturated carbocycles. The topological polar surface area (TPSA) is 47.6 Å². The highest BCUT2D eigenvalue weighted by atomic mass is 32.2. The number of nitrogens with zero attached hydrogens (tertiary/aromatic N) is 1. The minimum Gasteiger partial charge on any atom is -0.258 e. The zero-order valence-electron chi connectivity index (χ0n) is 4.76. The number of hydrogen-bond donors (Lipinski definition) is 1. The summed E-state index contributed by atoms with van der Waals surface area (Å²) in [5.41, 5.74) is 0. The zero-order valence-corrected chi connectivity index (χ0v) is 6.40. The van der Waals surface area contributed by atoms with Crippen LogP contribution in [0.25, 0.3) is 0 Å². The molecular formula is C5H4N2S2. The van der Waals surface area contributed by atoms with Crippen LogP contribution in [0.3, 0.4) is 0 Å². The van der Waals surface area contributed by atoms with E-state index in [2.05, 4.69) is 18.1 Å². The number of allylic oxidation sites excluding steroid dienone is 1. The summed E-state index contributed by atoms with van der Waals surface area (Å²) in [7, 11) is 0. The van der Waals surface area contributed by atoms with Gasteiger partial charge in [0.05, 0.1) is 4.91 Å². The van der Waals surface area contributed by atoms with Gasteiger partial charge >= 0.3 is 0 Å². The number of hydrogen-bond acceptors (Lipinski definition) is 4. The maximum Gasteiger partial charge on any atom is 0.138 e.